The average Bonchev–Trinajstić information content (AvgIpc) is 2.94. The first kappa shape index (κ1) is 16.4. The normalized spacial score (nSPS) is 10.8. The van der Waals surface area contributed by atoms with Gasteiger partial charge in [-0.2, -0.15) is 13.9 Å². The molecule has 0 spiro atoms. The molecule has 0 fully saturated rings. The third kappa shape index (κ3) is 4.27. The zero-order chi connectivity index (χ0) is 16.1. The van der Waals surface area contributed by atoms with Gasteiger partial charge in [-0.1, -0.05) is 15.9 Å². The molecule has 5 nitrogen and oxygen atoms in total. The fourth-order valence-electron chi connectivity index (χ4n) is 1.83. The number of aromatic nitrogens is 2. The molecule has 8 heteroatoms. The SMILES string of the molecule is CCn1cc(CNC(=O)c2cc(Br)ccc2OC(F)F)cn1. The number of carbonyl (C=O) groups is 1. The van der Waals surface area contributed by atoms with E-state index in [1.54, 1.807) is 17.1 Å². The smallest absolute Gasteiger partial charge is 0.387 e. The van der Waals surface area contributed by atoms with Crippen LogP contribution in [0.1, 0.15) is 22.8 Å². The van der Waals surface area contributed by atoms with E-state index in [0.717, 1.165) is 12.1 Å². The van der Waals surface area contributed by atoms with Crippen molar-refractivity contribution in [1.82, 2.24) is 15.1 Å². The Morgan fingerprint density at radius 1 is 1.50 bits per heavy atom. The van der Waals surface area contributed by atoms with Gasteiger partial charge in [0.15, 0.2) is 0 Å². The molecular formula is C14H14BrF2N3O2. The number of aryl methyl sites for hydroxylation is 1. The molecule has 0 saturated heterocycles. The zero-order valence-electron chi connectivity index (χ0n) is 11.7. The second-order valence-electron chi connectivity index (χ2n) is 4.41. The Morgan fingerprint density at radius 2 is 2.27 bits per heavy atom. The van der Waals surface area contributed by atoms with Crippen LogP contribution < -0.4 is 10.1 Å². The second kappa shape index (κ2) is 7.35. The Kier molecular flexibility index (Phi) is 5.48. The maximum Gasteiger partial charge on any atom is 0.387 e. The van der Waals surface area contributed by atoms with Crippen molar-refractivity contribution in [3.63, 3.8) is 0 Å². The van der Waals surface area contributed by atoms with E-state index >= 15 is 0 Å². The van der Waals surface area contributed by atoms with Gasteiger partial charge in [0.1, 0.15) is 5.75 Å². The zero-order valence-corrected chi connectivity index (χ0v) is 13.3. The van der Waals surface area contributed by atoms with Gasteiger partial charge in [-0.15, -0.1) is 0 Å². The maximum absolute atomic E-state index is 12.4. The first-order valence-corrected chi connectivity index (χ1v) is 7.32. The molecule has 0 aliphatic carbocycles. The molecule has 1 amide bonds. The lowest BCUT2D eigenvalue weighted by atomic mass is 10.2. The van der Waals surface area contributed by atoms with E-state index in [4.69, 9.17) is 0 Å². The van der Waals surface area contributed by atoms with Gasteiger partial charge in [0, 0.05) is 29.3 Å². The molecular weight excluding hydrogens is 360 g/mol. The Bertz CT molecular complexity index is 661. The summed E-state index contributed by atoms with van der Waals surface area (Å²) in [6, 6.07) is 4.28. The van der Waals surface area contributed by atoms with Crippen LogP contribution in [0.2, 0.25) is 0 Å². The molecule has 2 aromatic rings. The van der Waals surface area contributed by atoms with Crippen LogP contribution in [0.15, 0.2) is 35.1 Å². The van der Waals surface area contributed by atoms with Crippen LogP contribution in [-0.2, 0) is 13.1 Å². The van der Waals surface area contributed by atoms with Crippen molar-refractivity contribution in [2.45, 2.75) is 26.6 Å². The summed E-state index contributed by atoms with van der Waals surface area (Å²) in [6.07, 6.45) is 3.44. The minimum Gasteiger partial charge on any atom is -0.434 e. The molecule has 1 heterocycles. The van der Waals surface area contributed by atoms with Crippen LogP contribution in [0.4, 0.5) is 8.78 Å². The standard InChI is InChI=1S/C14H14BrF2N3O2/c1-2-20-8-9(7-19-20)6-18-13(21)11-5-10(15)3-4-12(11)22-14(16)17/h3-5,7-8,14H,2,6H2,1H3,(H,18,21). The number of benzene rings is 1. The number of hydrogen-bond acceptors (Lipinski definition) is 3. The molecule has 1 N–H and O–H groups in total. The van der Waals surface area contributed by atoms with Crippen LogP contribution in [0.3, 0.4) is 0 Å². The van der Waals surface area contributed by atoms with Crippen LogP contribution in [0.5, 0.6) is 5.75 Å². The Labute approximate surface area is 134 Å². The topological polar surface area (TPSA) is 56.2 Å². The van der Waals surface area contributed by atoms with Gasteiger partial charge < -0.3 is 10.1 Å². The summed E-state index contributed by atoms with van der Waals surface area (Å²) in [6.45, 7) is -0.0634. The number of rotatable bonds is 6. The maximum atomic E-state index is 12.4. The number of amides is 1. The molecule has 0 atom stereocenters. The Hall–Kier alpha value is -1.96. The lowest BCUT2D eigenvalue weighted by Crippen LogP contribution is -2.23. The fourth-order valence-corrected chi connectivity index (χ4v) is 2.19. The summed E-state index contributed by atoms with van der Waals surface area (Å²) in [5.41, 5.74) is 0.860. The number of nitrogens with zero attached hydrogens (tertiary/aromatic N) is 2. The van der Waals surface area contributed by atoms with Crippen LogP contribution >= 0.6 is 15.9 Å². The summed E-state index contributed by atoms with van der Waals surface area (Å²) in [5.74, 6) is -0.666. The summed E-state index contributed by atoms with van der Waals surface area (Å²) >= 11 is 3.20. The minimum atomic E-state index is -2.99. The largest absolute Gasteiger partial charge is 0.434 e. The third-order valence-corrected chi connectivity index (χ3v) is 3.36. The third-order valence-electron chi connectivity index (χ3n) is 2.87. The monoisotopic (exact) mass is 373 g/mol. The first-order chi connectivity index (χ1) is 10.5. The lowest BCUT2D eigenvalue weighted by molar-refractivity contribution is -0.0501. The summed E-state index contributed by atoms with van der Waals surface area (Å²) < 4.78 is 31.4. The lowest BCUT2D eigenvalue weighted by Gasteiger charge is -2.11. The number of hydrogen-bond donors (Lipinski definition) is 1. The number of nitrogens with one attached hydrogen (secondary N) is 1. The van der Waals surface area contributed by atoms with E-state index < -0.39 is 12.5 Å². The molecule has 0 aliphatic heterocycles. The van der Waals surface area contributed by atoms with Crippen LogP contribution in [-0.4, -0.2) is 22.3 Å². The van der Waals surface area contributed by atoms with E-state index in [1.165, 1.54) is 18.2 Å². The quantitative estimate of drug-likeness (QED) is 0.845. The van der Waals surface area contributed by atoms with Crippen molar-refractivity contribution in [1.29, 1.82) is 0 Å². The molecule has 1 aromatic heterocycles. The van der Waals surface area contributed by atoms with Crippen molar-refractivity contribution in [2.24, 2.45) is 0 Å². The predicted molar refractivity (Wildman–Crippen MR) is 79.8 cm³/mol. The van der Waals surface area contributed by atoms with E-state index in [-0.39, 0.29) is 17.9 Å². The number of halogens is 3. The van der Waals surface area contributed by atoms with Crippen molar-refractivity contribution in [3.05, 3.63) is 46.2 Å². The highest BCUT2D eigenvalue weighted by molar-refractivity contribution is 9.10. The highest BCUT2D eigenvalue weighted by Crippen LogP contribution is 2.24. The molecule has 0 aliphatic rings. The summed E-state index contributed by atoms with van der Waals surface area (Å²) in [7, 11) is 0. The van der Waals surface area contributed by atoms with Gasteiger partial charge in [-0.3, -0.25) is 9.48 Å². The van der Waals surface area contributed by atoms with Gasteiger partial charge in [0.05, 0.1) is 11.8 Å². The van der Waals surface area contributed by atoms with Crippen molar-refractivity contribution >= 4 is 21.8 Å². The second-order valence-corrected chi connectivity index (χ2v) is 5.32. The fraction of sp³-hybridized carbons (Fsp3) is 0.286. The van der Waals surface area contributed by atoms with E-state index in [2.05, 4.69) is 31.1 Å². The Balaban J connectivity index is 2.09. The van der Waals surface area contributed by atoms with Crippen LogP contribution in [0, 0.1) is 0 Å². The predicted octanol–water partition coefficient (Wildman–Crippen LogP) is 3.20. The molecule has 0 saturated carbocycles. The van der Waals surface area contributed by atoms with E-state index in [0.29, 0.717) is 4.47 Å². The average molecular weight is 374 g/mol. The number of ether oxygens (including phenoxy) is 1. The van der Waals surface area contributed by atoms with Gasteiger partial charge in [-0.05, 0) is 25.1 Å². The van der Waals surface area contributed by atoms with Gasteiger partial charge in [0.25, 0.3) is 5.91 Å². The van der Waals surface area contributed by atoms with Crippen molar-refractivity contribution in [2.75, 3.05) is 0 Å². The highest BCUT2D eigenvalue weighted by atomic mass is 79.9. The molecule has 2 rings (SSSR count). The molecule has 1 aromatic carbocycles. The van der Waals surface area contributed by atoms with Crippen molar-refractivity contribution in [3.8, 4) is 5.75 Å². The van der Waals surface area contributed by atoms with Crippen molar-refractivity contribution < 1.29 is 18.3 Å². The molecule has 118 valence electrons. The van der Waals surface area contributed by atoms with E-state index in [9.17, 15) is 13.6 Å². The number of alkyl halides is 2. The molecule has 0 unspecified atom stereocenters. The Morgan fingerprint density at radius 3 is 2.91 bits per heavy atom. The van der Waals surface area contributed by atoms with Gasteiger partial charge in [0.2, 0.25) is 0 Å². The molecule has 0 radical (unpaired) electrons. The number of carbonyl (C=O) groups excluding carboxylic acids is 1. The minimum absolute atomic E-state index is 0.0394. The highest BCUT2D eigenvalue weighted by Gasteiger charge is 2.16. The summed E-state index contributed by atoms with van der Waals surface area (Å²) in [5, 5.41) is 6.75. The van der Waals surface area contributed by atoms with Crippen LogP contribution in [0.25, 0.3) is 0 Å². The first-order valence-electron chi connectivity index (χ1n) is 6.53. The van der Waals surface area contributed by atoms with E-state index in [1.807, 2.05) is 6.92 Å². The summed E-state index contributed by atoms with van der Waals surface area (Å²) in [4.78, 5) is 12.2. The van der Waals surface area contributed by atoms with Gasteiger partial charge in [-0.25, -0.2) is 0 Å². The molecule has 0 bridgehead atoms. The molecule has 22 heavy (non-hydrogen) atoms. The van der Waals surface area contributed by atoms with Gasteiger partial charge >= 0.3 is 6.61 Å².